The molecule has 3 aromatic rings. The Hall–Kier alpha value is -4.51. The number of methoxy groups -OCH3 is 1. The van der Waals surface area contributed by atoms with Crippen LogP contribution in [0.4, 0.5) is 17.1 Å². The topological polar surface area (TPSA) is 113 Å². The maximum absolute atomic E-state index is 14.2. The summed E-state index contributed by atoms with van der Waals surface area (Å²) < 4.78 is 5.97. The molecule has 45 heavy (non-hydrogen) atoms. The standard InChI is InChI=1S/C36H29IN2O6/c1-18-14-28(40)32-26(33(18)41)17-25-23(30(32)19-15-27(37)34(42)29(16-19)45-2)12-13-24-31(25)36(44)39(35(24)43)22-10-8-21(9-11-22)38-20-6-4-3-5-7-20/h3-12,14-16,24-25,30-31,38,42H,13,17H2,1-2H3/t24-,25+,30-,31-/m0/s1. The van der Waals surface area contributed by atoms with Crippen molar-refractivity contribution in [3.63, 3.8) is 0 Å². The molecule has 1 aliphatic heterocycles. The normalized spacial score (nSPS) is 24.1. The maximum Gasteiger partial charge on any atom is 0.238 e. The highest BCUT2D eigenvalue weighted by Gasteiger charge is 2.56. The summed E-state index contributed by atoms with van der Waals surface area (Å²) in [5, 5.41) is 13.9. The fraction of sp³-hybridized carbons (Fsp3) is 0.222. The van der Waals surface area contributed by atoms with Crippen LogP contribution in [0.1, 0.15) is 31.2 Å². The summed E-state index contributed by atoms with van der Waals surface area (Å²) in [6, 6.07) is 20.4. The van der Waals surface area contributed by atoms with Crippen LogP contribution in [0.2, 0.25) is 0 Å². The number of hydrogen-bond acceptors (Lipinski definition) is 7. The smallest absolute Gasteiger partial charge is 0.238 e. The molecule has 9 heteroatoms. The molecule has 1 fully saturated rings. The van der Waals surface area contributed by atoms with Crippen molar-refractivity contribution in [2.45, 2.75) is 25.7 Å². The number of phenolic OH excluding ortho intramolecular Hbond substituents is 1. The second-order valence-corrected chi connectivity index (χ2v) is 13.0. The van der Waals surface area contributed by atoms with Crippen LogP contribution >= 0.6 is 22.6 Å². The van der Waals surface area contributed by atoms with Crippen molar-refractivity contribution in [2.75, 3.05) is 17.3 Å². The van der Waals surface area contributed by atoms with Crippen LogP contribution in [0.25, 0.3) is 0 Å². The van der Waals surface area contributed by atoms with Crippen molar-refractivity contribution in [3.05, 3.63) is 110 Å². The number of imide groups is 1. The number of rotatable bonds is 5. The molecule has 0 bridgehead atoms. The lowest BCUT2D eigenvalue weighted by Crippen LogP contribution is -2.39. The number of halogens is 1. The molecule has 0 aromatic heterocycles. The largest absolute Gasteiger partial charge is 0.504 e. The molecule has 1 heterocycles. The van der Waals surface area contributed by atoms with E-state index < -0.39 is 23.7 Å². The molecule has 4 atom stereocenters. The highest BCUT2D eigenvalue weighted by atomic mass is 127. The Morgan fingerprint density at radius 3 is 2.36 bits per heavy atom. The molecule has 4 aliphatic rings. The Balaban J connectivity index is 1.27. The van der Waals surface area contributed by atoms with E-state index in [-0.39, 0.29) is 41.3 Å². The lowest BCUT2D eigenvalue weighted by atomic mass is 9.59. The Morgan fingerprint density at radius 2 is 1.64 bits per heavy atom. The van der Waals surface area contributed by atoms with Gasteiger partial charge in [-0.25, -0.2) is 0 Å². The first-order valence-corrected chi connectivity index (χ1v) is 15.8. The molecule has 3 aliphatic carbocycles. The molecule has 3 aromatic carbocycles. The summed E-state index contributed by atoms with van der Waals surface area (Å²) in [4.78, 5) is 56.4. The SMILES string of the molecule is COc1cc([C@H]2C3=CC[C@@H]4C(=O)N(c5ccc(Nc6ccccc6)cc5)C(=O)[C@@H]4[C@@H]3CC3=C2C(=O)C=C(C)C3=O)cc(I)c1O. The molecule has 2 N–H and O–H groups in total. The van der Waals surface area contributed by atoms with Crippen molar-refractivity contribution >= 4 is 63.0 Å². The second kappa shape index (κ2) is 11.1. The third kappa shape index (κ3) is 4.72. The number of carbonyl (C=O) groups excluding carboxylic acids is 4. The number of anilines is 3. The molecule has 0 spiro atoms. The van der Waals surface area contributed by atoms with Gasteiger partial charge in [-0.1, -0.05) is 29.8 Å². The highest BCUT2D eigenvalue weighted by Crippen LogP contribution is 2.56. The third-order valence-electron chi connectivity index (χ3n) is 9.35. The number of benzene rings is 3. The summed E-state index contributed by atoms with van der Waals surface area (Å²) in [5.41, 5.74) is 4.91. The maximum atomic E-state index is 14.2. The number of fused-ring (bicyclic) bond motifs is 3. The van der Waals surface area contributed by atoms with E-state index in [1.54, 1.807) is 31.2 Å². The predicted octanol–water partition coefficient (Wildman–Crippen LogP) is 6.38. The van der Waals surface area contributed by atoms with E-state index in [1.807, 2.05) is 71.1 Å². The molecule has 8 nitrogen and oxygen atoms in total. The average Bonchev–Trinajstić information content (AvgIpc) is 3.30. The van der Waals surface area contributed by atoms with Crippen molar-refractivity contribution in [3.8, 4) is 11.5 Å². The number of nitrogens with one attached hydrogen (secondary N) is 1. The van der Waals surface area contributed by atoms with E-state index in [9.17, 15) is 24.3 Å². The van der Waals surface area contributed by atoms with Crippen LogP contribution < -0.4 is 15.0 Å². The number of carbonyl (C=O) groups is 4. The minimum atomic E-state index is -0.677. The molecule has 226 valence electrons. The van der Waals surface area contributed by atoms with Crippen LogP contribution in [0.3, 0.4) is 0 Å². The van der Waals surface area contributed by atoms with Gasteiger partial charge in [0.05, 0.1) is 28.2 Å². The molecule has 0 radical (unpaired) electrons. The summed E-state index contributed by atoms with van der Waals surface area (Å²) in [6.07, 6.45) is 3.91. The average molecular weight is 713 g/mol. The van der Waals surface area contributed by atoms with Crippen LogP contribution in [-0.2, 0) is 19.2 Å². The second-order valence-electron chi connectivity index (χ2n) is 11.8. The van der Waals surface area contributed by atoms with E-state index in [0.29, 0.717) is 38.0 Å². The van der Waals surface area contributed by atoms with Gasteiger partial charge in [-0.3, -0.25) is 24.1 Å². The zero-order valence-electron chi connectivity index (χ0n) is 24.5. The number of aromatic hydroxyl groups is 1. The number of para-hydroxylation sites is 1. The van der Waals surface area contributed by atoms with E-state index in [2.05, 4.69) is 5.32 Å². The number of allylic oxidation sites excluding steroid dienone is 6. The number of phenols is 1. The van der Waals surface area contributed by atoms with Crippen LogP contribution in [-0.4, -0.2) is 35.6 Å². The van der Waals surface area contributed by atoms with Gasteiger partial charge in [0.2, 0.25) is 11.8 Å². The zero-order chi connectivity index (χ0) is 31.6. The first-order chi connectivity index (χ1) is 21.7. The van der Waals surface area contributed by atoms with Gasteiger partial charge in [0.25, 0.3) is 0 Å². The fourth-order valence-electron chi connectivity index (χ4n) is 7.31. The summed E-state index contributed by atoms with van der Waals surface area (Å²) >= 11 is 2.01. The van der Waals surface area contributed by atoms with Crippen molar-refractivity contribution in [1.29, 1.82) is 0 Å². The molecule has 2 amide bonds. The Labute approximate surface area is 273 Å². The highest BCUT2D eigenvalue weighted by molar-refractivity contribution is 14.1. The van der Waals surface area contributed by atoms with Crippen molar-refractivity contribution < 1.29 is 29.0 Å². The predicted molar refractivity (Wildman–Crippen MR) is 177 cm³/mol. The van der Waals surface area contributed by atoms with Gasteiger partial charge in [-0.2, -0.15) is 0 Å². The lowest BCUT2D eigenvalue weighted by molar-refractivity contribution is -0.123. The zero-order valence-corrected chi connectivity index (χ0v) is 26.7. The van der Waals surface area contributed by atoms with Crippen molar-refractivity contribution in [2.24, 2.45) is 17.8 Å². The monoisotopic (exact) mass is 712 g/mol. The van der Waals surface area contributed by atoms with E-state index >= 15 is 0 Å². The number of ketones is 2. The molecular weight excluding hydrogens is 683 g/mol. The first kappa shape index (κ1) is 29.2. The fourth-order valence-corrected chi connectivity index (χ4v) is 7.94. The van der Waals surface area contributed by atoms with Gasteiger partial charge in [0, 0.05) is 34.0 Å². The van der Waals surface area contributed by atoms with Gasteiger partial charge in [-0.05, 0) is 108 Å². The Bertz CT molecular complexity index is 1890. The van der Waals surface area contributed by atoms with Gasteiger partial charge in [-0.15, -0.1) is 0 Å². The number of nitrogens with zero attached hydrogens (tertiary/aromatic N) is 1. The summed E-state index contributed by atoms with van der Waals surface area (Å²) in [7, 11) is 1.46. The van der Waals surface area contributed by atoms with Crippen molar-refractivity contribution in [1.82, 2.24) is 0 Å². The van der Waals surface area contributed by atoms with Gasteiger partial charge >= 0.3 is 0 Å². The molecule has 1 saturated heterocycles. The summed E-state index contributed by atoms with van der Waals surface area (Å²) in [5.74, 6) is -3.10. The first-order valence-electron chi connectivity index (χ1n) is 14.7. The van der Waals surface area contributed by atoms with Crippen LogP contribution in [0.5, 0.6) is 11.5 Å². The van der Waals surface area contributed by atoms with Gasteiger partial charge in [0.15, 0.2) is 23.1 Å². The van der Waals surface area contributed by atoms with Crippen LogP contribution in [0.15, 0.2) is 101 Å². The minimum Gasteiger partial charge on any atom is -0.504 e. The van der Waals surface area contributed by atoms with E-state index in [0.717, 1.165) is 16.9 Å². The molecule has 0 saturated carbocycles. The van der Waals surface area contributed by atoms with Gasteiger partial charge < -0.3 is 15.2 Å². The summed E-state index contributed by atoms with van der Waals surface area (Å²) in [6.45, 7) is 1.63. The number of amides is 2. The molecule has 7 rings (SSSR count). The Kier molecular flexibility index (Phi) is 7.23. The lowest BCUT2D eigenvalue weighted by Gasteiger charge is -2.42. The number of hydrogen-bond donors (Lipinski definition) is 2. The number of ether oxygens (including phenoxy) is 1. The Morgan fingerprint density at radius 1 is 0.933 bits per heavy atom. The molecular formula is C36H29IN2O6. The van der Waals surface area contributed by atoms with Gasteiger partial charge in [0.1, 0.15) is 0 Å². The van der Waals surface area contributed by atoms with E-state index in [4.69, 9.17) is 4.74 Å². The quantitative estimate of drug-likeness (QED) is 0.137. The minimum absolute atomic E-state index is 0.0138. The number of Topliss-reactive ketones (excluding diaryl/α,β-unsaturated/α-hetero) is 1. The van der Waals surface area contributed by atoms with Crippen LogP contribution in [0, 0.1) is 21.3 Å². The third-order valence-corrected chi connectivity index (χ3v) is 10.2. The molecule has 0 unspecified atom stereocenters. The van der Waals surface area contributed by atoms with E-state index in [1.165, 1.54) is 18.1 Å².